The van der Waals surface area contributed by atoms with E-state index in [-0.39, 0.29) is 0 Å². The molecule has 2 heteroatoms. The largest absolute Gasteiger partial charge is 0.298 e. The van der Waals surface area contributed by atoms with Crippen LogP contribution in [0.1, 0.15) is 10.4 Å². The van der Waals surface area contributed by atoms with E-state index in [2.05, 4.69) is 41.8 Å². The lowest BCUT2D eigenvalue weighted by atomic mass is 10.0. The highest BCUT2D eigenvalue weighted by Crippen LogP contribution is 2.27. The first-order chi connectivity index (χ1) is 9.36. The van der Waals surface area contributed by atoms with Gasteiger partial charge in [0.05, 0.1) is 0 Å². The van der Waals surface area contributed by atoms with Crippen molar-refractivity contribution < 1.29 is 4.79 Å². The molecule has 2 aromatic carbocycles. The minimum absolute atomic E-state index is 0.707. The van der Waals surface area contributed by atoms with Crippen LogP contribution in [0.2, 0.25) is 0 Å². The normalized spacial score (nSPS) is 10.3. The van der Waals surface area contributed by atoms with Crippen molar-refractivity contribution in [2.45, 2.75) is 0 Å². The quantitative estimate of drug-likeness (QED) is 0.615. The Hall–Kier alpha value is -2.19. The van der Waals surface area contributed by atoms with E-state index in [4.69, 9.17) is 0 Å². The first-order valence-corrected chi connectivity index (χ1v) is 6.94. The van der Waals surface area contributed by atoms with E-state index in [9.17, 15) is 4.79 Å². The number of benzene rings is 2. The van der Waals surface area contributed by atoms with Gasteiger partial charge in [-0.1, -0.05) is 54.6 Å². The summed E-state index contributed by atoms with van der Waals surface area (Å²) < 4.78 is 0. The molecule has 0 N–H and O–H groups in total. The molecular weight excluding hydrogens is 252 g/mol. The maximum atomic E-state index is 10.6. The van der Waals surface area contributed by atoms with Crippen molar-refractivity contribution in [1.29, 1.82) is 0 Å². The Kier molecular flexibility index (Phi) is 3.25. The SMILES string of the molecule is O=Cc1ccc(-c2ccc(-c3cccs3)cc2)cc1. The maximum Gasteiger partial charge on any atom is 0.150 e. The van der Waals surface area contributed by atoms with Gasteiger partial charge in [0, 0.05) is 10.4 Å². The molecule has 19 heavy (non-hydrogen) atoms. The van der Waals surface area contributed by atoms with E-state index in [1.54, 1.807) is 11.3 Å². The molecule has 92 valence electrons. The second kappa shape index (κ2) is 5.21. The molecule has 1 heterocycles. The summed E-state index contributed by atoms with van der Waals surface area (Å²) in [5.41, 5.74) is 4.24. The molecule has 0 amide bonds. The molecule has 0 aliphatic rings. The van der Waals surface area contributed by atoms with Gasteiger partial charge in [-0.05, 0) is 28.1 Å². The molecule has 1 nitrogen and oxygen atoms in total. The van der Waals surface area contributed by atoms with Gasteiger partial charge in [0.25, 0.3) is 0 Å². The van der Waals surface area contributed by atoms with Crippen LogP contribution in [0, 0.1) is 0 Å². The van der Waals surface area contributed by atoms with Crippen molar-refractivity contribution in [3.8, 4) is 21.6 Å². The second-order valence-electron chi connectivity index (χ2n) is 4.29. The number of hydrogen-bond donors (Lipinski definition) is 0. The summed E-state index contributed by atoms with van der Waals surface area (Å²) in [6, 6.07) is 20.3. The number of aldehydes is 1. The van der Waals surface area contributed by atoms with Gasteiger partial charge in [0.15, 0.2) is 0 Å². The van der Waals surface area contributed by atoms with Gasteiger partial charge in [0.2, 0.25) is 0 Å². The highest BCUT2D eigenvalue weighted by molar-refractivity contribution is 7.13. The summed E-state index contributed by atoms with van der Waals surface area (Å²) in [4.78, 5) is 11.9. The van der Waals surface area contributed by atoms with Crippen molar-refractivity contribution >= 4 is 17.6 Å². The molecule has 0 unspecified atom stereocenters. The lowest BCUT2D eigenvalue weighted by Gasteiger charge is -2.03. The second-order valence-corrected chi connectivity index (χ2v) is 5.24. The van der Waals surface area contributed by atoms with Crippen LogP contribution in [0.4, 0.5) is 0 Å². The van der Waals surface area contributed by atoms with Crippen LogP contribution >= 0.6 is 11.3 Å². The van der Waals surface area contributed by atoms with Crippen LogP contribution in [0.15, 0.2) is 66.0 Å². The van der Waals surface area contributed by atoms with Gasteiger partial charge in [-0.3, -0.25) is 4.79 Å². The molecule has 1 aromatic heterocycles. The first kappa shape index (κ1) is 11.9. The van der Waals surface area contributed by atoms with Crippen LogP contribution in [0.3, 0.4) is 0 Å². The lowest BCUT2D eigenvalue weighted by molar-refractivity contribution is 0.112. The molecule has 0 spiro atoms. The van der Waals surface area contributed by atoms with Gasteiger partial charge in [-0.15, -0.1) is 11.3 Å². The average Bonchev–Trinajstić information content (AvgIpc) is 3.02. The third-order valence-corrected chi connectivity index (χ3v) is 3.99. The summed E-state index contributed by atoms with van der Waals surface area (Å²) in [5, 5.41) is 2.08. The van der Waals surface area contributed by atoms with Crippen molar-refractivity contribution in [3.63, 3.8) is 0 Å². The average molecular weight is 264 g/mol. The molecule has 0 bridgehead atoms. The Balaban J connectivity index is 1.91. The summed E-state index contributed by atoms with van der Waals surface area (Å²) in [5.74, 6) is 0. The Bertz CT molecular complexity index is 664. The fourth-order valence-electron chi connectivity index (χ4n) is 2.02. The third kappa shape index (κ3) is 2.49. The molecule has 3 rings (SSSR count). The van der Waals surface area contributed by atoms with Crippen LogP contribution in [0.5, 0.6) is 0 Å². The molecule has 0 aliphatic heterocycles. The molecule has 0 atom stereocenters. The zero-order valence-corrected chi connectivity index (χ0v) is 11.1. The van der Waals surface area contributed by atoms with E-state index in [1.165, 1.54) is 10.4 Å². The summed E-state index contributed by atoms with van der Waals surface area (Å²) >= 11 is 1.74. The molecule has 0 saturated heterocycles. The van der Waals surface area contributed by atoms with E-state index in [1.807, 2.05) is 24.3 Å². The zero-order chi connectivity index (χ0) is 13.1. The summed E-state index contributed by atoms with van der Waals surface area (Å²) in [7, 11) is 0. The summed E-state index contributed by atoms with van der Waals surface area (Å²) in [6.07, 6.45) is 0.865. The number of thiophene rings is 1. The van der Waals surface area contributed by atoms with Gasteiger partial charge in [0.1, 0.15) is 6.29 Å². The molecule has 0 radical (unpaired) electrons. The minimum Gasteiger partial charge on any atom is -0.298 e. The van der Waals surface area contributed by atoms with Crippen LogP contribution in [0.25, 0.3) is 21.6 Å². The fraction of sp³-hybridized carbons (Fsp3) is 0. The molecule has 3 aromatic rings. The fourth-order valence-corrected chi connectivity index (χ4v) is 2.76. The molecule has 0 fully saturated rings. The highest BCUT2D eigenvalue weighted by atomic mass is 32.1. The van der Waals surface area contributed by atoms with Crippen LogP contribution in [-0.2, 0) is 0 Å². The van der Waals surface area contributed by atoms with E-state index in [0.717, 1.165) is 17.4 Å². The standard InChI is InChI=1S/C17H12OS/c18-12-13-3-5-14(6-4-13)15-7-9-16(10-8-15)17-2-1-11-19-17/h1-12H. The molecular formula is C17H12OS. The van der Waals surface area contributed by atoms with E-state index >= 15 is 0 Å². The number of hydrogen-bond acceptors (Lipinski definition) is 2. The van der Waals surface area contributed by atoms with E-state index < -0.39 is 0 Å². The van der Waals surface area contributed by atoms with Crippen molar-refractivity contribution in [3.05, 3.63) is 71.6 Å². The zero-order valence-electron chi connectivity index (χ0n) is 10.2. The number of carbonyl (C=O) groups excluding carboxylic acids is 1. The minimum atomic E-state index is 0.707. The molecule has 0 saturated carbocycles. The monoisotopic (exact) mass is 264 g/mol. The highest BCUT2D eigenvalue weighted by Gasteiger charge is 2.01. The summed E-state index contributed by atoms with van der Waals surface area (Å²) in [6.45, 7) is 0. The van der Waals surface area contributed by atoms with Gasteiger partial charge in [-0.2, -0.15) is 0 Å². The number of rotatable bonds is 3. The lowest BCUT2D eigenvalue weighted by Crippen LogP contribution is -1.81. The van der Waals surface area contributed by atoms with E-state index in [0.29, 0.717) is 5.56 Å². The van der Waals surface area contributed by atoms with Gasteiger partial charge in [-0.25, -0.2) is 0 Å². The van der Waals surface area contributed by atoms with Crippen LogP contribution < -0.4 is 0 Å². The Morgan fingerprint density at radius 1 is 0.737 bits per heavy atom. The predicted octanol–water partition coefficient (Wildman–Crippen LogP) is 4.89. The number of carbonyl (C=O) groups is 1. The van der Waals surface area contributed by atoms with Crippen molar-refractivity contribution in [2.24, 2.45) is 0 Å². The Morgan fingerprint density at radius 3 is 1.84 bits per heavy atom. The van der Waals surface area contributed by atoms with Crippen LogP contribution in [-0.4, -0.2) is 6.29 Å². The Labute approximate surface area is 116 Å². The third-order valence-electron chi connectivity index (χ3n) is 3.07. The first-order valence-electron chi connectivity index (χ1n) is 6.06. The smallest absolute Gasteiger partial charge is 0.150 e. The topological polar surface area (TPSA) is 17.1 Å². The Morgan fingerprint density at radius 2 is 1.32 bits per heavy atom. The predicted molar refractivity (Wildman–Crippen MR) is 80.6 cm³/mol. The van der Waals surface area contributed by atoms with Crippen molar-refractivity contribution in [1.82, 2.24) is 0 Å². The molecule has 0 aliphatic carbocycles. The van der Waals surface area contributed by atoms with Gasteiger partial charge >= 0.3 is 0 Å². The van der Waals surface area contributed by atoms with Gasteiger partial charge < -0.3 is 0 Å². The maximum absolute atomic E-state index is 10.6. The van der Waals surface area contributed by atoms with Crippen molar-refractivity contribution in [2.75, 3.05) is 0 Å².